The Morgan fingerprint density at radius 2 is 1.80 bits per heavy atom. The van der Waals surface area contributed by atoms with E-state index in [1.807, 2.05) is 0 Å². The third-order valence-electron chi connectivity index (χ3n) is 4.09. The standard InChI is InChI=1S/C15H19F4N/c1-20-14(10-5-3-2-4-6-10)11-7-8-12(13(16)9-11)15(17,18)19/h7-10,14,20H,2-6H2,1H3. The molecule has 1 unspecified atom stereocenters. The van der Waals surface area contributed by atoms with Gasteiger partial charge in [-0.15, -0.1) is 0 Å². The fourth-order valence-electron chi connectivity index (χ4n) is 3.10. The SMILES string of the molecule is CNC(c1ccc(C(F)(F)F)c(F)c1)C1CCCCC1. The molecule has 0 radical (unpaired) electrons. The molecule has 1 atom stereocenters. The van der Waals surface area contributed by atoms with Crippen molar-refractivity contribution in [2.75, 3.05) is 7.05 Å². The molecule has 1 nitrogen and oxygen atoms in total. The molecule has 1 saturated carbocycles. The summed E-state index contributed by atoms with van der Waals surface area (Å²) in [4.78, 5) is 0. The predicted molar refractivity (Wildman–Crippen MR) is 69.8 cm³/mol. The van der Waals surface area contributed by atoms with Crippen molar-refractivity contribution in [2.24, 2.45) is 5.92 Å². The second-order valence-corrected chi connectivity index (χ2v) is 5.40. The molecule has 1 N–H and O–H groups in total. The molecule has 0 aliphatic heterocycles. The lowest BCUT2D eigenvalue weighted by atomic mass is 9.81. The molecule has 0 spiro atoms. The Hall–Kier alpha value is -1.10. The zero-order chi connectivity index (χ0) is 14.8. The van der Waals surface area contributed by atoms with Crippen molar-refractivity contribution in [1.82, 2.24) is 5.32 Å². The average Bonchev–Trinajstić information content (AvgIpc) is 2.39. The molecule has 1 aromatic rings. The van der Waals surface area contributed by atoms with E-state index in [-0.39, 0.29) is 6.04 Å². The number of hydrogen-bond donors (Lipinski definition) is 1. The lowest BCUT2D eigenvalue weighted by Crippen LogP contribution is -2.27. The number of alkyl halides is 3. The Bertz CT molecular complexity index is 450. The van der Waals surface area contributed by atoms with Crippen LogP contribution in [0.3, 0.4) is 0 Å². The van der Waals surface area contributed by atoms with Crippen LogP contribution in [-0.2, 0) is 6.18 Å². The first-order chi connectivity index (χ1) is 9.43. The van der Waals surface area contributed by atoms with Crippen LogP contribution in [0.1, 0.15) is 49.3 Å². The normalized spacial score (nSPS) is 19.1. The molecule has 0 amide bonds. The van der Waals surface area contributed by atoms with Gasteiger partial charge in [0.05, 0.1) is 5.56 Å². The molecule has 2 rings (SSSR count). The number of nitrogens with one attached hydrogen (secondary N) is 1. The lowest BCUT2D eigenvalue weighted by Gasteiger charge is -2.30. The Morgan fingerprint density at radius 3 is 2.30 bits per heavy atom. The highest BCUT2D eigenvalue weighted by Gasteiger charge is 2.34. The van der Waals surface area contributed by atoms with E-state index < -0.39 is 17.6 Å². The largest absolute Gasteiger partial charge is 0.419 e. The highest BCUT2D eigenvalue weighted by atomic mass is 19.4. The first-order valence-electron chi connectivity index (χ1n) is 6.97. The maximum absolute atomic E-state index is 13.7. The molecule has 0 heterocycles. The number of hydrogen-bond acceptors (Lipinski definition) is 1. The summed E-state index contributed by atoms with van der Waals surface area (Å²) in [7, 11) is 1.77. The van der Waals surface area contributed by atoms with Gasteiger partial charge < -0.3 is 5.32 Å². The van der Waals surface area contributed by atoms with Gasteiger partial charge in [0.1, 0.15) is 5.82 Å². The Morgan fingerprint density at radius 1 is 1.15 bits per heavy atom. The zero-order valence-electron chi connectivity index (χ0n) is 11.4. The highest BCUT2D eigenvalue weighted by molar-refractivity contribution is 5.29. The zero-order valence-corrected chi connectivity index (χ0v) is 11.4. The van der Waals surface area contributed by atoms with Crippen LogP contribution in [-0.4, -0.2) is 7.05 Å². The van der Waals surface area contributed by atoms with Crippen LogP contribution in [0, 0.1) is 11.7 Å². The second kappa shape index (κ2) is 6.12. The fraction of sp³-hybridized carbons (Fsp3) is 0.600. The van der Waals surface area contributed by atoms with E-state index in [2.05, 4.69) is 5.32 Å². The van der Waals surface area contributed by atoms with Crippen molar-refractivity contribution in [3.8, 4) is 0 Å². The fourth-order valence-corrected chi connectivity index (χ4v) is 3.10. The van der Waals surface area contributed by atoms with Gasteiger partial charge in [0.2, 0.25) is 0 Å². The molecule has 1 aliphatic rings. The van der Waals surface area contributed by atoms with Crippen LogP contribution < -0.4 is 5.32 Å². The molecule has 0 aromatic heterocycles. The summed E-state index contributed by atoms with van der Waals surface area (Å²) in [6, 6.07) is 3.19. The Labute approximate surface area is 116 Å². The van der Waals surface area contributed by atoms with Crippen molar-refractivity contribution in [3.63, 3.8) is 0 Å². The smallest absolute Gasteiger partial charge is 0.313 e. The third kappa shape index (κ3) is 3.32. The summed E-state index contributed by atoms with van der Waals surface area (Å²) in [5.74, 6) is -0.823. The van der Waals surface area contributed by atoms with E-state index in [0.29, 0.717) is 11.5 Å². The van der Waals surface area contributed by atoms with E-state index in [4.69, 9.17) is 0 Å². The topological polar surface area (TPSA) is 12.0 Å². The van der Waals surface area contributed by atoms with Gasteiger partial charge in [-0.3, -0.25) is 0 Å². The minimum atomic E-state index is -4.64. The summed E-state index contributed by atoms with van der Waals surface area (Å²) in [5, 5.41) is 3.13. The minimum absolute atomic E-state index is 0.0768. The third-order valence-corrected chi connectivity index (χ3v) is 4.09. The summed E-state index contributed by atoms with van der Waals surface area (Å²) in [6.45, 7) is 0. The molecule has 1 aliphatic carbocycles. The van der Waals surface area contributed by atoms with E-state index in [9.17, 15) is 17.6 Å². The quantitative estimate of drug-likeness (QED) is 0.796. The highest BCUT2D eigenvalue weighted by Crippen LogP contribution is 2.37. The predicted octanol–water partition coefficient (Wildman–Crippen LogP) is 4.69. The monoisotopic (exact) mass is 289 g/mol. The average molecular weight is 289 g/mol. The van der Waals surface area contributed by atoms with Gasteiger partial charge >= 0.3 is 6.18 Å². The molecule has 0 bridgehead atoms. The molecule has 5 heteroatoms. The summed E-state index contributed by atoms with van der Waals surface area (Å²) < 4.78 is 51.3. The van der Waals surface area contributed by atoms with Crippen molar-refractivity contribution < 1.29 is 17.6 Å². The first-order valence-corrected chi connectivity index (χ1v) is 6.97. The van der Waals surface area contributed by atoms with Crippen LogP contribution >= 0.6 is 0 Å². The van der Waals surface area contributed by atoms with Gasteiger partial charge in [0.15, 0.2) is 0 Å². The van der Waals surface area contributed by atoms with E-state index in [1.165, 1.54) is 12.5 Å². The van der Waals surface area contributed by atoms with Crippen molar-refractivity contribution >= 4 is 0 Å². The first kappa shape index (κ1) is 15.3. The van der Waals surface area contributed by atoms with E-state index in [0.717, 1.165) is 37.8 Å². The van der Waals surface area contributed by atoms with Crippen LogP contribution in [0.5, 0.6) is 0 Å². The van der Waals surface area contributed by atoms with Crippen LogP contribution in [0.2, 0.25) is 0 Å². The molecule has 20 heavy (non-hydrogen) atoms. The molecule has 112 valence electrons. The molecular weight excluding hydrogens is 270 g/mol. The van der Waals surface area contributed by atoms with Crippen molar-refractivity contribution in [1.29, 1.82) is 0 Å². The Balaban J connectivity index is 2.24. The maximum atomic E-state index is 13.7. The maximum Gasteiger partial charge on any atom is 0.419 e. The second-order valence-electron chi connectivity index (χ2n) is 5.40. The van der Waals surface area contributed by atoms with Crippen molar-refractivity contribution in [3.05, 3.63) is 35.1 Å². The minimum Gasteiger partial charge on any atom is -0.313 e. The summed E-state index contributed by atoms with van der Waals surface area (Å²) in [6.07, 6.45) is 0.900. The van der Waals surface area contributed by atoms with Gasteiger partial charge in [-0.05, 0) is 43.5 Å². The van der Waals surface area contributed by atoms with Crippen LogP contribution in [0.4, 0.5) is 17.6 Å². The van der Waals surface area contributed by atoms with Gasteiger partial charge in [0, 0.05) is 6.04 Å². The van der Waals surface area contributed by atoms with Gasteiger partial charge in [-0.1, -0.05) is 25.3 Å². The number of halogens is 4. The van der Waals surface area contributed by atoms with Crippen molar-refractivity contribution in [2.45, 2.75) is 44.3 Å². The van der Waals surface area contributed by atoms with E-state index in [1.54, 1.807) is 7.05 Å². The number of benzene rings is 1. The van der Waals surface area contributed by atoms with Gasteiger partial charge in [-0.2, -0.15) is 13.2 Å². The van der Waals surface area contributed by atoms with Gasteiger partial charge in [-0.25, -0.2) is 4.39 Å². The Kier molecular flexibility index (Phi) is 4.68. The van der Waals surface area contributed by atoms with Crippen LogP contribution in [0.25, 0.3) is 0 Å². The summed E-state index contributed by atoms with van der Waals surface area (Å²) >= 11 is 0. The summed E-state index contributed by atoms with van der Waals surface area (Å²) in [5.41, 5.74) is -0.593. The molecule has 1 aromatic carbocycles. The molecular formula is C15H19F4N. The molecule has 1 fully saturated rings. The van der Waals surface area contributed by atoms with E-state index >= 15 is 0 Å². The van der Waals surface area contributed by atoms with Crippen LogP contribution in [0.15, 0.2) is 18.2 Å². The lowest BCUT2D eigenvalue weighted by molar-refractivity contribution is -0.140. The number of rotatable bonds is 3. The van der Waals surface area contributed by atoms with Gasteiger partial charge in [0.25, 0.3) is 0 Å². The molecule has 0 saturated heterocycles.